The predicted octanol–water partition coefficient (Wildman–Crippen LogP) is 5.09. The Morgan fingerprint density at radius 2 is 1.92 bits per heavy atom. The van der Waals surface area contributed by atoms with E-state index in [1.165, 1.54) is 6.42 Å². The maximum atomic E-state index is 12.8. The van der Waals surface area contributed by atoms with Gasteiger partial charge in [0.1, 0.15) is 5.56 Å². The molecule has 0 unspecified atom stereocenters. The zero-order valence-electron chi connectivity index (χ0n) is 14.0. The molecular weight excluding hydrogens is 370 g/mol. The van der Waals surface area contributed by atoms with E-state index in [4.69, 9.17) is 0 Å². The molecule has 0 spiro atoms. The minimum atomic E-state index is -1.13. The molecule has 1 heterocycles. The molecule has 24 heavy (non-hydrogen) atoms. The first-order valence-electron chi connectivity index (χ1n) is 8.52. The summed E-state index contributed by atoms with van der Waals surface area (Å²) in [5.41, 5.74) is 1.06. The van der Waals surface area contributed by atoms with Crippen molar-refractivity contribution in [1.29, 1.82) is 0 Å². The van der Waals surface area contributed by atoms with Crippen molar-refractivity contribution in [1.82, 2.24) is 4.57 Å². The van der Waals surface area contributed by atoms with Crippen molar-refractivity contribution >= 4 is 32.8 Å². The molecule has 1 aliphatic carbocycles. The van der Waals surface area contributed by atoms with Gasteiger partial charge in [-0.15, -0.1) is 0 Å². The van der Waals surface area contributed by atoms with Crippen molar-refractivity contribution in [3.05, 3.63) is 44.2 Å². The maximum absolute atomic E-state index is 12.8. The van der Waals surface area contributed by atoms with Gasteiger partial charge in [0, 0.05) is 21.6 Å². The standard InChI is InChI=1S/C19H22BrNO3/c1-11(2)17-16(19(23)24)18(22)14-9-8-12(20)10-15(14)21(17)13-6-4-3-5-7-13/h8-11,13H,3-7H2,1-2H3,(H,23,24). The maximum Gasteiger partial charge on any atom is 0.341 e. The Morgan fingerprint density at radius 3 is 2.50 bits per heavy atom. The van der Waals surface area contributed by atoms with Crippen LogP contribution in [0.25, 0.3) is 10.9 Å². The summed E-state index contributed by atoms with van der Waals surface area (Å²) < 4.78 is 3.05. The second-order valence-electron chi connectivity index (χ2n) is 6.87. The predicted molar refractivity (Wildman–Crippen MR) is 99.1 cm³/mol. The van der Waals surface area contributed by atoms with E-state index in [2.05, 4.69) is 20.5 Å². The molecule has 1 aromatic carbocycles. The molecule has 1 aromatic heterocycles. The molecule has 4 nitrogen and oxygen atoms in total. The second kappa shape index (κ2) is 6.71. The lowest BCUT2D eigenvalue weighted by molar-refractivity contribution is 0.0692. The SMILES string of the molecule is CC(C)c1c(C(=O)O)c(=O)c2ccc(Br)cc2n1C1CCCCC1. The molecule has 0 bridgehead atoms. The van der Waals surface area contributed by atoms with Gasteiger partial charge in [0.15, 0.2) is 0 Å². The number of rotatable bonds is 3. The third kappa shape index (κ3) is 2.90. The Labute approximate surface area is 149 Å². The van der Waals surface area contributed by atoms with Crippen LogP contribution in [-0.2, 0) is 0 Å². The number of halogens is 1. The van der Waals surface area contributed by atoms with Crippen LogP contribution >= 0.6 is 15.9 Å². The molecule has 0 amide bonds. The van der Waals surface area contributed by atoms with Gasteiger partial charge in [0.25, 0.3) is 0 Å². The van der Waals surface area contributed by atoms with Gasteiger partial charge in [-0.1, -0.05) is 49.0 Å². The molecule has 2 aromatic rings. The summed E-state index contributed by atoms with van der Waals surface area (Å²) in [7, 11) is 0. The number of carboxylic acid groups (broad SMARTS) is 1. The Kier molecular flexibility index (Phi) is 4.81. The van der Waals surface area contributed by atoms with Crippen LogP contribution in [0.1, 0.15) is 74.0 Å². The number of carboxylic acids is 1. The van der Waals surface area contributed by atoms with E-state index in [9.17, 15) is 14.7 Å². The van der Waals surface area contributed by atoms with Crippen LogP contribution < -0.4 is 5.43 Å². The van der Waals surface area contributed by atoms with E-state index >= 15 is 0 Å². The number of hydrogen-bond donors (Lipinski definition) is 1. The van der Waals surface area contributed by atoms with Crippen LogP contribution in [0, 0.1) is 0 Å². The Balaban J connectivity index is 2.46. The smallest absolute Gasteiger partial charge is 0.341 e. The molecule has 5 heteroatoms. The van der Waals surface area contributed by atoms with E-state index in [0.29, 0.717) is 11.1 Å². The van der Waals surface area contributed by atoms with Crippen molar-refractivity contribution in [3.63, 3.8) is 0 Å². The number of carbonyl (C=O) groups is 1. The zero-order valence-corrected chi connectivity index (χ0v) is 15.6. The van der Waals surface area contributed by atoms with Crippen molar-refractivity contribution < 1.29 is 9.90 Å². The lowest BCUT2D eigenvalue weighted by atomic mass is 9.91. The van der Waals surface area contributed by atoms with Crippen LogP contribution in [0.15, 0.2) is 27.5 Å². The van der Waals surface area contributed by atoms with Crippen LogP contribution in [0.4, 0.5) is 0 Å². The van der Waals surface area contributed by atoms with Crippen molar-refractivity contribution in [3.8, 4) is 0 Å². The number of aromatic carboxylic acids is 1. The highest BCUT2D eigenvalue weighted by Crippen LogP contribution is 2.35. The molecule has 1 N–H and O–H groups in total. The minimum absolute atomic E-state index is 0.0332. The molecular formula is C19H22BrNO3. The van der Waals surface area contributed by atoms with Gasteiger partial charge in [0.2, 0.25) is 5.43 Å². The fraction of sp³-hybridized carbons (Fsp3) is 0.474. The fourth-order valence-electron chi connectivity index (χ4n) is 3.90. The van der Waals surface area contributed by atoms with Crippen LogP contribution in [0.3, 0.4) is 0 Å². The average molecular weight is 392 g/mol. The third-order valence-electron chi connectivity index (χ3n) is 4.91. The van der Waals surface area contributed by atoms with E-state index in [0.717, 1.165) is 35.7 Å². The molecule has 0 atom stereocenters. The molecule has 1 aliphatic rings. The van der Waals surface area contributed by atoms with E-state index in [1.807, 2.05) is 19.9 Å². The molecule has 1 saturated carbocycles. The van der Waals surface area contributed by atoms with Crippen molar-refractivity contribution in [2.24, 2.45) is 0 Å². The Hall–Kier alpha value is -1.62. The summed E-state index contributed by atoms with van der Waals surface area (Å²) in [4.78, 5) is 24.7. The summed E-state index contributed by atoms with van der Waals surface area (Å²) in [5.74, 6) is -1.16. The first kappa shape index (κ1) is 17.2. The fourth-order valence-corrected chi connectivity index (χ4v) is 4.25. The highest BCUT2D eigenvalue weighted by molar-refractivity contribution is 9.10. The molecule has 3 rings (SSSR count). The monoisotopic (exact) mass is 391 g/mol. The summed E-state index contributed by atoms with van der Waals surface area (Å²) >= 11 is 3.49. The quantitative estimate of drug-likeness (QED) is 0.792. The van der Waals surface area contributed by atoms with E-state index in [-0.39, 0.29) is 23.0 Å². The lowest BCUT2D eigenvalue weighted by Gasteiger charge is -2.31. The number of aromatic nitrogens is 1. The summed E-state index contributed by atoms with van der Waals surface area (Å²) in [6, 6.07) is 5.74. The lowest BCUT2D eigenvalue weighted by Crippen LogP contribution is -2.28. The summed E-state index contributed by atoms with van der Waals surface area (Å²) in [6.45, 7) is 3.93. The van der Waals surface area contributed by atoms with Gasteiger partial charge in [0.05, 0.1) is 5.52 Å². The molecule has 0 radical (unpaired) electrons. The topological polar surface area (TPSA) is 59.3 Å². The van der Waals surface area contributed by atoms with E-state index < -0.39 is 5.97 Å². The largest absolute Gasteiger partial charge is 0.477 e. The summed E-state index contributed by atoms with van der Waals surface area (Å²) in [5, 5.41) is 10.2. The number of nitrogens with zero attached hydrogens (tertiary/aromatic N) is 1. The second-order valence-corrected chi connectivity index (χ2v) is 7.79. The third-order valence-corrected chi connectivity index (χ3v) is 5.40. The van der Waals surface area contributed by atoms with Gasteiger partial charge in [-0.2, -0.15) is 0 Å². The van der Waals surface area contributed by atoms with Crippen molar-refractivity contribution in [2.75, 3.05) is 0 Å². The highest BCUT2D eigenvalue weighted by Gasteiger charge is 2.28. The first-order valence-corrected chi connectivity index (χ1v) is 9.32. The van der Waals surface area contributed by atoms with Crippen LogP contribution in [0.2, 0.25) is 0 Å². The van der Waals surface area contributed by atoms with Gasteiger partial charge >= 0.3 is 5.97 Å². The summed E-state index contributed by atoms with van der Waals surface area (Å²) in [6.07, 6.45) is 5.58. The number of benzene rings is 1. The highest BCUT2D eigenvalue weighted by atomic mass is 79.9. The normalized spacial score (nSPS) is 16.0. The minimum Gasteiger partial charge on any atom is -0.477 e. The number of hydrogen-bond acceptors (Lipinski definition) is 2. The first-order chi connectivity index (χ1) is 11.4. The average Bonchev–Trinajstić information content (AvgIpc) is 2.54. The molecule has 0 aliphatic heterocycles. The van der Waals surface area contributed by atoms with Gasteiger partial charge in [-0.05, 0) is 37.0 Å². The zero-order chi connectivity index (χ0) is 17.4. The molecule has 1 fully saturated rings. The van der Waals surface area contributed by atoms with Crippen molar-refractivity contribution in [2.45, 2.75) is 57.9 Å². The molecule has 128 valence electrons. The van der Waals surface area contributed by atoms with Gasteiger partial charge in [-0.25, -0.2) is 4.79 Å². The van der Waals surface area contributed by atoms with Gasteiger partial charge < -0.3 is 9.67 Å². The van der Waals surface area contributed by atoms with E-state index in [1.54, 1.807) is 12.1 Å². The Morgan fingerprint density at radius 1 is 1.25 bits per heavy atom. The number of fused-ring (bicyclic) bond motifs is 1. The van der Waals surface area contributed by atoms with Crippen LogP contribution in [-0.4, -0.2) is 15.6 Å². The number of pyridine rings is 1. The molecule has 0 saturated heterocycles. The Bertz CT molecular complexity index is 848. The van der Waals surface area contributed by atoms with Gasteiger partial charge in [-0.3, -0.25) is 4.79 Å². The van der Waals surface area contributed by atoms with Crippen LogP contribution in [0.5, 0.6) is 0 Å².